The van der Waals surface area contributed by atoms with Gasteiger partial charge in [0.25, 0.3) is 5.69 Å². The van der Waals surface area contributed by atoms with Gasteiger partial charge in [0, 0.05) is 29.3 Å². The average molecular weight is 301 g/mol. The van der Waals surface area contributed by atoms with Gasteiger partial charge in [-0.25, -0.2) is 0 Å². The fraction of sp³-hybridized carbons (Fsp3) is 0.455. The summed E-state index contributed by atoms with van der Waals surface area (Å²) in [6.07, 6.45) is 2.04. The number of hydrogen-bond donors (Lipinski definition) is 1. The van der Waals surface area contributed by atoms with Crippen LogP contribution in [0.15, 0.2) is 22.7 Å². The summed E-state index contributed by atoms with van der Waals surface area (Å²) in [6, 6.07) is 4.93. The number of nitrogens with one attached hydrogen (secondary N) is 1. The van der Waals surface area contributed by atoms with Gasteiger partial charge in [-0.2, -0.15) is 0 Å². The van der Waals surface area contributed by atoms with Crippen LogP contribution in [0, 0.1) is 10.1 Å². The first-order chi connectivity index (χ1) is 8.16. The van der Waals surface area contributed by atoms with Gasteiger partial charge >= 0.3 is 0 Å². The molecule has 6 heteroatoms. The van der Waals surface area contributed by atoms with Gasteiger partial charge in [-0.1, -0.05) is 0 Å². The Labute approximate surface area is 107 Å². The second-order valence-corrected chi connectivity index (χ2v) is 4.83. The van der Waals surface area contributed by atoms with E-state index >= 15 is 0 Å². The molecule has 0 amide bonds. The minimum atomic E-state index is -0.394. The van der Waals surface area contributed by atoms with Crippen LogP contribution in [-0.4, -0.2) is 24.2 Å². The number of nitrogens with zero attached hydrogens (tertiary/aromatic N) is 1. The Kier molecular flexibility index (Phi) is 3.96. The van der Waals surface area contributed by atoms with E-state index in [9.17, 15) is 10.1 Å². The minimum Gasteiger partial charge on any atom is -0.379 e. The van der Waals surface area contributed by atoms with Crippen molar-refractivity contribution in [1.82, 2.24) is 0 Å². The fourth-order valence-corrected chi connectivity index (χ4v) is 2.17. The highest BCUT2D eigenvalue weighted by Gasteiger charge is 2.16. The third-order valence-corrected chi connectivity index (χ3v) is 3.37. The third kappa shape index (κ3) is 3.17. The Balaban J connectivity index is 2.13. The van der Waals surface area contributed by atoms with E-state index in [1.165, 1.54) is 6.07 Å². The van der Waals surface area contributed by atoms with Crippen LogP contribution in [-0.2, 0) is 4.74 Å². The van der Waals surface area contributed by atoms with Gasteiger partial charge in [-0.3, -0.25) is 10.1 Å². The third-order valence-electron chi connectivity index (χ3n) is 2.68. The maximum absolute atomic E-state index is 10.7. The number of ether oxygens (including phenoxy) is 1. The van der Waals surface area contributed by atoms with Gasteiger partial charge < -0.3 is 10.1 Å². The standard InChI is InChI=1S/C11H13BrN2O3/c12-10-4-3-9(14(15)16)6-11(10)13-8-2-1-5-17-7-8/h3-4,6,8,13H,1-2,5,7H2. The number of rotatable bonds is 3. The number of nitro groups is 1. The van der Waals surface area contributed by atoms with E-state index in [1.807, 2.05) is 0 Å². The molecule has 2 rings (SSSR count). The van der Waals surface area contributed by atoms with Crippen LogP contribution >= 0.6 is 15.9 Å². The lowest BCUT2D eigenvalue weighted by molar-refractivity contribution is -0.384. The molecule has 0 bridgehead atoms. The van der Waals surface area contributed by atoms with Crippen molar-refractivity contribution in [3.63, 3.8) is 0 Å². The molecule has 1 aliphatic rings. The lowest BCUT2D eigenvalue weighted by Gasteiger charge is -2.24. The van der Waals surface area contributed by atoms with Gasteiger partial charge in [-0.15, -0.1) is 0 Å². The monoisotopic (exact) mass is 300 g/mol. The van der Waals surface area contributed by atoms with Crippen molar-refractivity contribution in [3.8, 4) is 0 Å². The maximum Gasteiger partial charge on any atom is 0.271 e. The smallest absolute Gasteiger partial charge is 0.271 e. The molecule has 0 spiro atoms. The first-order valence-electron chi connectivity index (χ1n) is 5.45. The van der Waals surface area contributed by atoms with E-state index in [2.05, 4.69) is 21.2 Å². The van der Waals surface area contributed by atoms with E-state index in [0.29, 0.717) is 6.61 Å². The highest BCUT2D eigenvalue weighted by molar-refractivity contribution is 9.10. The SMILES string of the molecule is O=[N+]([O-])c1ccc(Br)c(NC2CCCOC2)c1. The lowest BCUT2D eigenvalue weighted by Crippen LogP contribution is -2.30. The summed E-state index contributed by atoms with van der Waals surface area (Å²) in [5, 5.41) is 14.0. The van der Waals surface area contributed by atoms with Crippen LogP contribution in [0.2, 0.25) is 0 Å². The van der Waals surface area contributed by atoms with Crippen LogP contribution in [0.3, 0.4) is 0 Å². The van der Waals surface area contributed by atoms with E-state index in [-0.39, 0.29) is 11.7 Å². The molecule has 5 nitrogen and oxygen atoms in total. The van der Waals surface area contributed by atoms with Crippen molar-refractivity contribution in [1.29, 1.82) is 0 Å². The van der Waals surface area contributed by atoms with Gasteiger partial charge in [0.2, 0.25) is 0 Å². The molecule has 1 N–H and O–H groups in total. The topological polar surface area (TPSA) is 64.4 Å². The van der Waals surface area contributed by atoms with Crippen LogP contribution in [0.1, 0.15) is 12.8 Å². The molecule has 0 aromatic heterocycles. The zero-order valence-corrected chi connectivity index (χ0v) is 10.8. The normalized spacial score (nSPS) is 19.9. The molecule has 1 aromatic rings. The Morgan fingerprint density at radius 1 is 1.53 bits per heavy atom. The summed E-state index contributed by atoms with van der Waals surface area (Å²) >= 11 is 3.38. The molecule has 1 saturated heterocycles. The number of halogens is 1. The molecule has 0 aliphatic carbocycles. The zero-order valence-electron chi connectivity index (χ0n) is 9.19. The number of anilines is 1. The first kappa shape index (κ1) is 12.3. The largest absolute Gasteiger partial charge is 0.379 e. The molecule has 1 aromatic carbocycles. The second kappa shape index (κ2) is 5.46. The number of non-ortho nitro benzene ring substituents is 1. The summed E-state index contributed by atoms with van der Waals surface area (Å²) in [4.78, 5) is 10.3. The number of benzene rings is 1. The summed E-state index contributed by atoms with van der Waals surface area (Å²) in [6.45, 7) is 1.45. The molecule has 0 saturated carbocycles. The van der Waals surface area contributed by atoms with Gasteiger partial charge in [0.15, 0.2) is 0 Å². The van der Waals surface area contributed by atoms with Crippen LogP contribution in [0.5, 0.6) is 0 Å². The predicted molar refractivity (Wildman–Crippen MR) is 68.3 cm³/mol. The molecule has 1 aliphatic heterocycles. The fourth-order valence-electron chi connectivity index (χ4n) is 1.81. The van der Waals surface area contributed by atoms with Crippen molar-refractivity contribution in [2.75, 3.05) is 18.5 Å². The van der Waals surface area contributed by atoms with Crippen molar-refractivity contribution in [2.45, 2.75) is 18.9 Å². The molecule has 1 unspecified atom stereocenters. The van der Waals surface area contributed by atoms with Gasteiger partial charge in [0.1, 0.15) is 0 Å². The molecule has 17 heavy (non-hydrogen) atoms. The van der Waals surface area contributed by atoms with Crippen LogP contribution in [0.25, 0.3) is 0 Å². The summed E-state index contributed by atoms with van der Waals surface area (Å²) in [5.41, 5.74) is 0.835. The van der Waals surface area contributed by atoms with Crippen molar-refractivity contribution in [3.05, 3.63) is 32.8 Å². The first-order valence-corrected chi connectivity index (χ1v) is 6.24. The van der Waals surface area contributed by atoms with Crippen LogP contribution in [0.4, 0.5) is 11.4 Å². The van der Waals surface area contributed by atoms with E-state index in [1.54, 1.807) is 12.1 Å². The molecule has 1 heterocycles. The predicted octanol–water partition coefficient (Wildman–Crippen LogP) is 2.95. The van der Waals surface area contributed by atoms with Crippen molar-refractivity contribution < 1.29 is 9.66 Å². The number of nitro benzene ring substituents is 1. The molecule has 1 atom stereocenters. The van der Waals surface area contributed by atoms with Gasteiger partial charge in [-0.05, 0) is 34.8 Å². The summed E-state index contributed by atoms with van der Waals surface area (Å²) in [7, 11) is 0. The summed E-state index contributed by atoms with van der Waals surface area (Å²) < 4.78 is 6.19. The van der Waals surface area contributed by atoms with Crippen LogP contribution < -0.4 is 5.32 Å². The van der Waals surface area contributed by atoms with E-state index in [4.69, 9.17) is 4.74 Å². The van der Waals surface area contributed by atoms with E-state index < -0.39 is 4.92 Å². The van der Waals surface area contributed by atoms with Gasteiger partial charge in [0.05, 0.1) is 17.2 Å². The highest BCUT2D eigenvalue weighted by Crippen LogP contribution is 2.28. The van der Waals surface area contributed by atoms with Crippen molar-refractivity contribution >= 4 is 27.3 Å². The lowest BCUT2D eigenvalue weighted by atomic mass is 10.1. The Morgan fingerprint density at radius 3 is 3.00 bits per heavy atom. The maximum atomic E-state index is 10.7. The molecule has 92 valence electrons. The minimum absolute atomic E-state index is 0.0902. The Hall–Kier alpha value is -1.14. The van der Waals surface area contributed by atoms with E-state index in [0.717, 1.165) is 29.6 Å². The summed E-state index contributed by atoms with van der Waals surface area (Å²) in [5.74, 6) is 0. The second-order valence-electron chi connectivity index (χ2n) is 3.98. The Morgan fingerprint density at radius 2 is 2.35 bits per heavy atom. The molecular weight excluding hydrogens is 288 g/mol. The Bertz CT molecular complexity index is 419. The zero-order chi connectivity index (χ0) is 12.3. The van der Waals surface area contributed by atoms with Crippen molar-refractivity contribution in [2.24, 2.45) is 0 Å². The quantitative estimate of drug-likeness (QED) is 0.688. The number of hydrogen-bond acceptors (Lipinski definition) is 4. The highest BCUT2D eigenvalue weighted by atomic mass is 79.9. The molecular formula is C11H13BrN2O3. The molecule has 0 radical (unpaired) electrons. The average Bonchev–Trinajstić information content (AvgIpc) is 2.33. The molecule has 1 fully saturated rings.